The van der Waals surface area contributed by atoms with Crippen LogP contribution in [0.2, 0.25) is 0 Å². The minimum absolute atomic E-state index is 0.0395. The average molecular weight is 342 g/mol. The van der Waals surface area contributed by atoms with Gasteiger partial charge in [-0.25, -0.2) is 0 Å². The molecule has 0 spiro atoms. The topological polar surface area (TPSA) is 71.7 Å². The zero-order valence-corrected chi connectivity index (χ0v) is 14.5. The molecule has 25 heavy (non-hydrogen) atoms. The van der Waals surface area contributed by atoms with Crippen LogP contribution in [0.1, 0.15) is 27.4 Å². The lowest BCUT2D eigenvalue weighted by molar-refractivity contribution is -0.0505. The van der Waals surface area contributed by atoms with Crippen molar-refractivity contribution in [1.82, 2.24) is 19.9 Å². The van der Waals surface area contributed by atoms with Gasteiger partial charge in [0, 0.05) is 49.7 Å². The fourth-order valence-electron chi connectivity index (χ4n) is 3.73. The molecule has 4 heterocycles. The molecule has 0 aromatic carbocycles. The molecule has 2 atom stereocenters. The van der Waals surface area contributed by atoms with E-state index in [1.165, 1.54) is 0 Å². The molecule has 2 aliphatic rings. The number of ether oxygens (including phenoxy) is 1. The molecule has 2 fully saturated rings. The van der Waals surface area contributed by atoms with E-state index in [1.54, 1.807) is 24.5 Å². The van der Waals surface area contributed by atoms with Crippen molar-refractivity contribution in [2.24, 2.45) is 0 Å². The van der Waals surface area contributed by atoms with Gasteiger partial charge in [-0.1, -0.05) is 5.16 Å². The summed E-state index contributed by atoms with van der Waals surface area (Å²) >= 11 is 0. The van der Waals surface area contributed by atoms with Crippen LogP contribution in [0.3, 0.4) is 0 Å². The SMILES string of the molecule is Cc1noc(C)c1CN1CCO[C@@H]2CN(C(=O)c3ccncc3)C[C@@H]21. The van der Waals surface area contributed by atoms with E-state index in [0.717, 1.165) is 30.1 Å². The van der Waals surface area contributed by atoms with Crippen molar-refractivity contribution in [3.8, 4) is 0 Å². The predicted molar refractivity (Wildman–Crippen MR) is 90.1 cm³/mol. The Hall–Kier alpha value is -2.25. The van der Waals surface area contributed by atoms with Crippen molar-refractivity contribution >= 4 is 5.91 Å². The first kappa shape index (κ1) is 16.2. The smallest absolute Gasteiger partial charge is 0.254 e. The van der Waals surface area contributed by atoms with E-state index in [9.17, 15) is 4.79 Å². The molecule has 0 radical (unpaired) electrons. The van der Waals surface area contributed by atoms with E-state index in [0.29, 0.717) is 25.3 Å². The van der Waals surface area contributed by atoms with Gasteiger partial charge < -0.3 is 14.2 Å². The zero-order chi connectivity index (χ0) is 17.4. The lowest BCUT2D eigenvalue weighted by atomic mass is 10.1. The summed E-state index contributed by atoms with van der Waals surface area (Å²) in [6.07, 6.45) is 3.35. The number of rotatable bonds is 3. The number of carbonyl (C=O) groups is 1. The Balaban J connectivity index is 1.49. The number of pyridine rings is 1. The number of morpholine rings is 1. The Morgan fingerprint density at radius 1 is 1.28 bits per heavy atom. The molecule has 7 nitrogen and oxygen atoms in total. The van der Waals surface area contributed by atoms with Gasteiger partial charge >= 0.3 is 0 Å². The first-order valence-electron chi connectivity index (χ1n) is 8.60. The number of hydrogen-bond acceptors (Lipinski definition) is 6. The molecule has 1 amide bonds. The maximum absolute atomic E-state index is 12.7. The standard InChI is InChI=1S/C18H22N4O3/c1-12-15(13(2)25-20-12)9-21-7-8-24-17-11-22(10-16(17)21)18(23)14-3-5-19-6-4-14/h3-6,16-17H,7-11H2,1-2H3/t16-,17+/m0/s1. The molecule has 2 saturated heterocycles. The van der Waals surface area contributed by atoms with Gasteiger partial charge in [0.05, 0.1) is 24.4 Å². The normalized spacial score (nSPS) is 23.7. The largest absolute Gasteiger partial charge is 0.373 e. The fourth-order valence-corrected chi connectivity index (χ4v) is 3.73. The molecule has 2 aliphatic heterocycles. The maximum Gasteiger partial charge on any atom is 0.254 e. The van der Waals surface area contributed by atoms with Crippen LogP contribution in [0.15, 0.2) is 29.0 Å². The Morgan fingerprint density at radius 3 is 2.80 bits per heavy atom. The minimum Gasteiger partial charge on any atom is -0.373 e. The van der Waals surface area contributed by atoms with Crippen molar-refractivity contribution in [3.05, 3.63) is 47.1 Å². The van der Waals surface area contributed by atoms with E-state index in [1.807, 2.05) is 18.7 Å². The molecule has 0 bridgehead atoms. The van der Waals surface area contributed by atoms with Gasteiger partial charge in [0.25, 0.3) is 5.91 Å². The minimum atomic E-state index is 0.0395. The highest BCUT2D eigenvalue weighted by Crippen LogP contribution is 2.27. The number of likely N-dealkylation sites (tertiary alicyclic amines) is 1. The molecule has 0 unspecified atom stereocenters. The summed E-state index contributed by atoms with van der Waals surface area (Å²) in [5.74, 6) is 0.904. The average Bonchev–Trinajstić information content (AvgIpc) is 3.21. The summed E-state index contributed by atoms with van der Waals surface area (Å²) in [5.41, 5.74) is 2.74. The Bertz CT molecular complexity index is 741. The first-order valence-corrected chi connectivity index (χ1v) is 8.60. The summed E-state index contributed by atoms with van der Waals surface area (Å²) in [6.45, 7) is 7.53. The van der Waals surface area contributed by atoms with Crippen molar-refractivity contribution < 1.29 is 14.1 Å². The van der Waals surface area contributed by atoms with E-state index < -0.39 is 0 Å². The van der Waals surface area contributed by atoms with Crippen LogP contribution in [-0.4, -0.2) is 64.2 Å². The fraction of sp³-hybridized carbons (Fsp3) is 0.500. The van der Waals surface area contributed by atoms with Gasteiger partial charge in [-0.3, -0.25) is 14.7 Å². The van der Waals surface area contributed by atoms with Gasteiger partial charge in [-0.2, -0.15) is 0 Å². The summed E-state index contributed by atoms with van der Waals surface area (Å²) < 4.78 is 11.2. The van der Waals surface area contributed by atoms with Crippen molar-refractivity contribution in [1.29, 1.82) is 0 Å². The lowest BCUT2D eigenvalue weighted by Gasteiger charge is -2.36. The molecule has 0 saturated carbocycles. The highest BCUT2D eigenvalue weighted by molar-refractivity contribution is 5.94. The van der Waals surface area contributed by atoms with Crippen LogP contribution in [0.5, 0.6) is 0 Å². The van der Waals surface area contributed by atoms with Crippen LogP contribution in [0.4, 0.5) is 0 Å². The molecule has 132 valence electrons. The molecular formula is C18H22N4O3. The lowest BCUT2D eigenvalue weighted by Crippen LogP contribution is -2.50. The quantitative estimate of drug-likeness (QED) is 0.840. The van der Waals surface area contributed by atoms with Gasteiger partial charge in [0.15, 0.2) is 0 Å². The van der Waals surface area contributed by atoms with Crippen LogP contribution in [0.25, 0.3) is 0 Å². The summed E-state index contributed by atoms with van der Waals surface area (Å²) in [7, 11) is 0. The third-order valence-electron chi connectivity index (χ3n) is 5.17. The second-order valence-corrected chi connectivity index (χ2v) is 6.70. The number of aryl methyl sites for hydroxylation is 2. The van der Waals surface area contributed by atoms with Crippen LogP contribution >= 0.6 is 0 Å². The Kier molecular flexibility index (Phi) is 4.27. The van der Waals surface area contributed by atoms with Gasteiger partial charge in [0.2, 0.25) is 0 Å². The van der Waals surface area contributed by atoms with Crippen LogP contribution < -0.4 is 0 Å². The molecule has 0 aliphatic carbocycles. The van der Waals surface area contributed by atoms with Crippen LogP contribution in [0, 0.1) is 13.8 Å². The van der Waals surface area contributed by atoms with Crippen molar-refractivity contribution in [2.75, 3.05) is 26.2 Å². The molecule has 7 heteroatoms. The molecule has 2 aromatic heterocycles. The molecule has 4 rings (SSSR count). The highest BCUT2D eigenvalue weighted by Gasteiger charge is 2.42. The van der Waals surface area contributed by atoms with E-state index in [4.69, 9.17) is 9.26 Å². The predicted octanol–water partition coefficient (Wildman–Crippen LogP) is 1.41. The van der Waals surface area contributed by atoms with E-state index in [-0.39, 0.29) is 18.1 Å². The number of carbonyl (C=O) groups excluding carboxylic acids is 1. The van der Waals surface area contributed by atoms with Crippen LogP contribution in [-0.2, 0) is 11.3 Å². The van der Waals surface area contributed by atoms with Crippen molar-refractivity contribution in [2.45, 2.75) is 32.5 Å². The van der Waals surface area contributed by atoms with Gasteiger partial charge in [-0.15, -0.1) is 0 Å². The monoisotopic (exact) mass is 342 g/mol. The maximum atomic E-state index is 12.7. The number of hydrogen-bond donors (Lipinski definition) is 0. The number of aromatic nitrogens is 2. The van der Waals surface area contributed by atoms with E-state index >= 15 is 0 Å². The summed E-state index contributed by atoms with van der Waals surface area (Å²) in [6, 6.07) is 3.72. The first-order chi connectivity index (χ1) is 12.1. The Morgan fingerprint density at radius 2 is 2.08 bits per heavy atom. The van der Waals surface area contributed by atoms with Crippen molar-refractivity contribution in [3.63, 3.8) is 0 Å². The highest BCUT2D eigenvalue weighted by atomic mass is 16.5. The number of amides is 1. The van der Waals surface area contributed by atoms with E-state index in [2.05, 4.69) is 15.0 Å². The van der Waals surface area contributed by atoms with Gasteiger partial charge in [-0.05, 0) is 26.0 Å². The summed E-state index contributed by atoms with van der Waals surface area (Å²) in [4.78, 5) is 21.0. The molecule has 2 aromatic rings. The number of fused-ring (bicyclic) bond motifs is 1. The molecule has 0 N–H and O–H groups in total. The number of nitrogens with zero attached hydrogens (tertiary/aromatic N) is 4. The zero-order valence-electron chi connectivity index (χ0n) is 14.5. The second kappa shape index (κ2) is 6.57. The summed E-state index contributed by atoms with van der Waals surface area (Å²) in [5, 5.41) is 4.05. The molecular weight excluding hydrogens is 320 g/mol. The Labute approximate surface area is 146 Å². The second-order valence-electron chi connectivity index (χ2n) is 6.70. The third-order valence-corrected chi connectivity index (χ3v) is 5.17. The van der Waals surface area contributed by atoms with Gasteiger partial charge in [0.1, 0.15) is 5.76 Å². The third kappa shape index (κ3) is 3.05.